The molecule has 0 bridgehead atoms. The van der Waals surface area contributed by atoms with Crippen LogP contribution < -0.4 is 0 Å². The van der Waals surface area contributed by atoms with Crippen molar-refractivity contribution in [1.82, 2.24) is 9.88 Å². The Balaban J connectivity index is 1.95. The molecular weight excluding hydrogens is 316 g/mol. The second-order valence-electron chi connectivity index (χ2n) is 6.52. The number of pyridine rings is 1. The van der Waals surface area contributed by atoms with Crippen molar-refractivity contribution < 1.29 is 30.0 Å². The Labute approximate surface area is 139 Å². The highest BCUT2D eigenvalue weighted by Crippen LogP contribution is 2.44. The zero-order valence-electron chi connectivity index (χ0n) is 13.3. The molecule has 0 amide bonds. The fraction of sp³-hybridized carbons (Fsp3) is 0.625. The van der Waals surface area contributed by atoms with Crippen LogP contribution in [0.5, 0.6) is 0 Å². The van der Waals surface area contributed by atoms with E-state index in [1.54, 1.807) is 23.4 Å². The largest absolute Gasteiger partial charge is 0.468 e. The molecule has 132 valence electrons. The Morgan fingerprint density at radius 2 is 2.21 bits per heavy atom. The Kier molecular flexibility index (Phi) is 4.58. The van der Waals surface area contributed by atoms with Crippen molar-refractivity contribution in [3.63, 3.8) is 0 Å². The summed E-state index contributed by atoms with van der Waals surface area (Å²) in [6.45, 7) is 0.302. The molecule has 2 fully saturated rings. The normalized spacial score (nSPS) is 39.5. The van der Waals surface area contributed by atoms with Gasteiger partial charge in [0.1, 0.15) is 23.9 Å². The standard InChI is InChI=1S/C16H22N2O6/c1-24-15(22)10-6-16(23)12(5-11(19)13(20)14(16)21)18(10)8-9-3-2-4-17-7-9/h2-4,7,10-14,19-21,23H,5-6,8H2,1H3/t10-,11-,12+,13-,14-,16-/m0/s1. The van der Waals surface area contributed by atoms with Crippen molar-refractivity contribution in [2.24, 2.45) is 0 Å². The van der Waals surface area contributed by atoms with E-state index in [-0.39, 0.29) is 12.8 Å². The van der Waals surface area contributed by atoms with Crippen LogP contribution in [0.1, 0.15) is 18.4 Å². The number of carbonyl (C=O) groups excluding carboxylic acids is 1. The fourth-order valence-electron chi connectivity index (χ4n) is 3.88. The lowest BCUT2D eigenvalue weighted by atomic mass is 9.75. The van der Waals surface area contributed by atoms with Gasteiger partial charge in [-0.15, -0.1) is 0 Å². The van der Waals surface area contributed by atoms with Gasteiger partial charge in [0.25, 0.3) is 0 Å². The van der Waals surface area contributed by atoms with E-state index in [1.807, 2.05) is 6.07 Å². The summed E-state index contributed by atoms with van der Waals surface area (Å²) < 4.78 is 4.83. The zero-order valence-corrected chi connectivity index (χ0v) is 13.3. The van der Waals surface area contributed by atoms with Crippen LogP contribution in [0.4, 0.5) is 0 Å². The first kappa shape index (κ1) is 17.2. The number of esters is 1. The molecule has 0 spiro atoms. The Morgan fingerprint density at radius 3 is 2.83 bits per heavy atom. The molecule has 3 rings (SSSR count). The SMILES string of the molecule is COC(=O)[C@@H]1C[C@@]2(O)[C@@H](O)[C@@H](O)[C@@H](O)C[C@H]2N1Cc1cccnc1. The molecule has 1 aliphatic heterocycles. The minimum absolute atomic E-state index is 0.0441. The van der Waals surface area contributed by atoms with Crippen LogP contribution in [-0.4, -0.2) is 79.4 Å². The molecule has 2 heterocycles. The van der Waals surface area contributed by atoms with Crippen molar-refractivity contribution >= 4 is 5.97 Å². The number of hydrogen-bond acceptors (Lipinski definition) is 8. The predicted octanol–water partition coefficient (Wildman–Crippen LogP) is -1.58. The summed E-state index contributed by atoms with van der Waals surface area (Å²) >= 11 is 0. The molecule has 0 aromatic carbocycles. The van der Waals surface area contributed by atoms with Gasteiger partial charge in [0.15, 0.2) is 0 Å². The summed E-state index contributed by atoms with van der Waals surface area (Å²) in [6.07, 6.45) is -0.932. The maximum Gasteiger partial charge on any atom is 0.323 e. The van der Waals surface area contributed by atoms with E-state index in [4.69, 9.17) is 4.74 Å². The summed E-state index contributed by atoms with van der Waals surface area (Å²) in [5, 5.41) is 41.1. The summed E-state index contributed by atoms with van der Waals surface area (Å²) in [7, 11) is 1.26. The van der Waals surface area contributed by atoms with Crippen LogP contribution in [0.15, 0.2) is 24.5 Å². The molecule has 24 heavy (non-hydrogen) atoms. The lowest BCUT2D eigenvalue weighted by molar-refractivity contribution is -0.197. The first-order chi connectivity index (χ1) is 11.4. The van der Waals surface area contributed by atoms with Gasteiger partial charge in [-0.3, -0.25) is 14.7 Å². The van der Waals surface area contributed by atoms with E-state index in [9.17, 15) is 25.2 Å². The van der Waals surface area contributed by atoms with E-state index >= 15 is 0 Å². The molecule has 1 saturated carbocycles. The van der Waals surface area contributed by atoms with Crippen molar-refractivity contribution in [1.29, 1.82) is 0 Å². The Morgan fingerprint density at radius 1 is 1.46 bits per heavy atom. The maximum atomic E-state index is 12.2. The van der Waals surface area contributed by atoms with Gasteiger partial charge in [0.2, 0.25) is 0 Å². The quantitative estimate of drug-likeness (QED) is 0.487. The molecule has 0 unspecified atom stereocenters. The van der Waals surface area contributed by atoms with Gasteiger partial charge in [-0.1, -0.05) is 6.07 Å². The number of hydrogen-bond donors (Lipinski definition) is 4. The summed E-state index contributed by atoms with van der Waals surface area (Å²) in [6, 6.07) is 2.13. The molecule has 8 heteroatoms. The topological polar surface area (TPSA) is 123 Å². The number of ether oxygens (including phenoxy) is 1. The highest BCUT2D eigenvalue weighted by atomic mass is 16.5. The van der Waals surface area contributed by atoms with Gasteiger partial charge in [-0.2, -0.15) is 0 Å². The lowest BCUT2D eigenvalue weighted by Gasteiger charge is -2.45. The molecule has 6 atom stereocenters. The summed E-state index contributed by atoms with van der Waals surface area (Å²) in [5.41, 5.74) is -0.870. The van der Waals surface area contributed by atoms with Crippen molar-refractivity contribution in [3.8, 4) is 0 Å². The van der Waals surface area contributed by atoms with E-state index in [1.165, 1.54) is 7.11 Å². The van der Waals surface area contributed by atoms with E-state index in [2.05, 4.69) is 4.98 Å². The van der Waals surface area contributed by atoms with Gasteiger partial charge in [-0.25, -0.2) is 0 Å². The Hall–Kier alpha value is -1.58. The van der Waals surface area contributed by atoms with Gasteiger partial charge in [0.05, 0.1) is 13.2 Å². The maximum absolute atomic E-state index is 12.2. The van der Waals surface area contributed by atoms with E-state index < -0.39 is 42.0 Å². The van der Waals surface area contributed by atoms with Crippen LogP contribution in [0, 0.1) is 0 Å². The third-order valence-corrected chi connectivity index (χ3v) is 5.15. The number of aliphatic hydroxyl groups excluding tert-OH is 3. The van der Waals surface area contributed by atoms with Crippen molar-refractivity contribution in [2.45, 2.75) is 55.4 Å². The highest BCUT2D eigenvalue weighted by molar-refractivity contribution is 5.76. The highest BCUT2D eigenvalue weighted by Gasteiger charge is 2.62. The van der Waals surface area contributed by atoms with E-state index in [0.717, 1.165) is 5.56 Å². The third kappa shape index (κ3) is 2.70. The summed E-state index contributed by atoms with van der Waals surface area (Å²) in [5.74, 6) is -0.530. The molecule has 0 radical (unpaired) electrons. The molecule has 4 N–H and O–H groups in total. The van der Waals surface area contributed by atoms with Crippen LogP contribution in [0.25, 0.3) is 0 Å². The minimum Gasteiger partial charge on any atom is -0.468 e. The van der Waals surface area contributed by atoms with E-state index in [0.29, 0.717) is 6.54 Å². The number of fused-ring (bicyclic) bond motifs is 1. The number of carbonyl (C=O) groups is 1. The summed E-state index contributed by atoms with van der Waals surface area (Å²) in [4.78, 5) is 17.9. The number of rotatable bonds is 3. The molecule has 1 aliphatic carbocycles. The molecule has 1 aromatic rings. The molecule has 2 aliphatic rings. The molecule has 8 nitrogen and oxygen atoms in total. The lowest BCUT2D eigenvalue weighted by Crippen LogP contribution is -2.64. The first-order valence-corrected chi connectivity index (χ1v) is 7.87. The fourth-order valence-corrected chi connectivity index (χ4v) is 3.88. The third-order valence-electron chi connectivity index (χ3n) is 5.15. The minimum atomic E-state index is -1.69. The average Bonchev–Trinajstić information content (AvgIpc) is 2.87. The monoisotopic (exact) mass is 338 g/mol. The van der Waals surface area contributed by atoms with Crippen LogP contribution in [0.2, 0.25) is 0 Å². The number of aliphatic hydroxyl groups is 4. The van der Waals surface area contributed by atoms with Crippen LogP contribution >= 0.6 is 0 Å². The van der Waals surface area contributed by atoms with Crippen LogP contribution in [0.3, 0.4) is 0 Å². The predicted molar refractivity (Wildman–Crippen MR) is 81.6 cm³/mol. The van der Waals surface area contributed by atoms with Crippen molar-refractivity contribution in [2.75, 3.05) is 7.11 Å². The van der Waals surface area contributed by atoms with Gasteiger partial charge in [0, 0.05) is 31.4 Å². The number of methoxy groups -OCH3 is 1. The Bertz CT molecular complexity index is 599. The molecule has 1 saturated heterocycles. The van der Waals surface area contributed by atoms with Gasteiger partial charge < -0.3 is 25.2 Å². The number of likely N-dealkylation sites (tertiary alicyclic amines) is 1. The second kappa shape index (κ2) is 6.38. The average molecular weight is 338 g/mol. The smallest absolute Gasteiger partial charge is 0.323 e. The van der Waals surface area contributed by atoms with Crippen molar-refractivity contribution in [3.05, 3.63) is 30.1 Å². The van der Waals surface area contributed by atoms with Gasteiger partial charge in [-0.05, 0) is 18.1 Å². The zero-order chi connectivity index (χ0) is 17.5. The number of nitrogens with zero attached hydrogens (tertiary/aromatic N) is 2. The van der Waals surface area contributed by atoms with Crippen LogP contribution in [-0.2, 0) is 16.1 Å². The van der Waals surface area contributed by atoms with Gasteiger partial charge >= 0.3 is 5.97 Å². The molecular formula is C16H22N2O6. The molecule has 1 aromatic heterocycles. The number of aromatic nitrogens is 1. The first-order valence-electron chi connectivity index (χ1n) is 7.87. The second-order valence-corrected chi connectivity index (χ2v) is 6.52.